The van der Waals surface area contributed by atoms with Crippen molar-refractivity contribution in [2.75, 3.05) is 13.2 Å². The van der Waals surface area contributed by atoms with E-state index in [1.165, 1.54) is 0 Å². The van der Waals surface area contributed by atoms with Gasteiger partial charge in [-0.25, -0.2) is 0 Å². The maximum Gasteiger partial charge on any atom is 0.147 e. The Kier molecular flexibility index (Phi) is 7.51. The predicted molar refractivity (Wildman–Crippen MR) is 90.2 cm³/mol. The Morgan fingerprint density at radius 3 is 2.15 bits per heavy atom. The van der Waals surface area contributed by atoms with Crippen LogP contribution in [0.1, 0.15) is 39.2 Å². The van der Waals surface area contributed by atoms with Gasteiger partial charge in [-0.3, -0.25) is 0 Å². The molecule has 0 atom stereocenters. The van der Waals surface area contributed by atoms with E-state index in [2.05, 4.69) is 37.2 Å². The van der Waals surface area contributed by atoms with Crippen molar-refractivity contribution in [3.63, 3.8) is 0 Å². The zero-order chi connectivity index (χ0) is 15.2. The largest absolute Gasteiger partial charge is 0.492 e. The van der Waals surface area contributed by atoms with Crippen molar-refractivity contribution in [3.8, 4) is 5.75 Å². The van der Waals surface area contributed by atoms with Gasteiger partial charge in [0.15, 0.2) is 0 Å². The van der Waals surface area contributed by atoms with Crippen LogP contribution in [0.4, 0.5) is 0 Å². The third kappa shape index (κ3) is 5.02. The second kappa shape index (κ2) is 8.37. The maximum atomic E-state index is 10.2. The van der Waals surface area contributed by atoms with Crippen LogP contribution in [0.5, 0.6) is 5.75 Å². The van der Waals surface area contributed by atoms with Crippen LogP contribution < -0.4 is 10.1 Å². The summed E-state index contributed by atoms with van der Waals surface area (Å²) in [6.07, 6.45) is 1.51. The van der Waals surface area contributed by atoms with Gasteiger partial charge in [0.1, 0.15) is 5.75 Å². The van der Waals surface area contributed by atoms with Crippen molar-refractivity contribution in [1.29, 1.82) is 0 Å². The Hall–Kier alpha value is -0.100. The summed E-state index contributed by atoms with van der Waals surface area (Å²) in [7, 11) is 0. The number of aliphatic hydroxyl groups is 1. The number of rotatable bonds is 8. The molecule has 0 radical (unpaired) electrons. The van der Waals surface area contributed by atoms with Gasteiger partial charge in [0, 0.05) is 13.1 Å². The van der Waals surface area contributed by atoms with Gasteiger partial charge in [-0.05, 0) is 69.3 Å². The average Bonchev–Trinajstić information content (AvgIpc) is 2.42. The van der Waals surface area contributed by atoms with Gasteiger partial charge < -0.3 is 15.2 Å². The topological polar surface area (TPSA) is 41.5 Å². The quantitative estimate of drug-likeness (QED) is 0.675. The third-order valence-corrected chi connectivity index (χ3v) is 4.62. The van der Waals surface area contributed by atoms with E-state index in [4.69, 9.17) is 4.74 Å². The molecule has 0 amide bonds. The van der Waals surface area contributed by atoms with Crippen LogP contribution in [-0.2, 0) is 6.54 Å². The molecule has 1 aromatic carbocycles. The van der Waals surface area contributed by atoms with Gasteiger partial charge in [0.25, 0.3) is 0 Å². The standard InChI is InChI=1S/C15H23Br2NO2/c1-4-15(19,5-2)10-18-9-11-7-12(16)14(20-6-3)13(17)8-11/h7-8,18-19H,4-6,9-10H2,1-3H3. The Morgan fingerprint density at radius 1 is 1.15 bits per heavy atom. The molecule has 20 heavy (non-hydrogen) atoms. The van der Waals surface area contributed by atoms with Crippen molar-refractivity contribution in [3.05, 3.63) is 26.6 Å². The highest BCUT2D eigenvalue weighted by Crippen LogP contribution is 2.34. The monoisotopic (exact) mass is 407 g/mol. The Balaban J connectivity index is 2.66. The Labute approximate surface area is 138 Å². The summed E-state index contributed by atoms with van der Waals surface area (Å²) in [5.41, 5.74) is 0.529. The molecular weight excluding hydrogens is 386 g/mol. The Bertz CT molecular complexity index is 411. The molecule has 0 aliphatic heterocycles. The molecule has 0 aromatic heterocycles. The molecule has 3 nitrogen and oxygen atoms in total. The van der Waals surface area contributed by atoms with E-state index in [0.29, 0.717) is 19.7 Å². The lowest BCUT2D eigenvalue weighted by Gasteiger charge is -2.25. The van der Waals surface area contributed by atoms with Gasteiger partial charge in [0.2, 0.25) is 0 Å². The van der Waals surface area contributed by atoms with E-state index in [1.54, 1.807) is 0 Å². The van der Waals surface area contributed by atoms with E-state index < -0.39 is 5.60 Å². The van der Waals surface area contributed by atoms with Gasteiger partial charge in [-0.2, -0.15) is 0 Å². The average molecular weight is 409 g/mol. The molecule has 5 heteroatoms. The second-order valence-electron chi connectivity index (χ2n) is 4.86. The highest BCUT2D eigenvalue weighted by Gasteiger charge is 2.21. The lowest BCUT2D eigenvalue weighted by atomic mass is 9.97. The lowest BCUT2D eigenvalue weighted by molar-refractivity contribution is 0.0323. The number of benzene rings is 1. The molecule has 114 valence electrons. The van der Waals surface area contributed by atoms with Gasteiger partial charge >= 0.3 is 0 Å². The molecule has 0 unspecified atom stereocenters. The molecule has 0 saturated carbocycles. The number of hydrogen-bond donors (Lipinski definition) is 2. The van der Waals surface area contributed by atoms with Gasteiger partial charge in [-0.15, -0.1) is 0 Å². The SMILES string of the molecule is CCOc1c(Br)cc(CNCC(O)(CC)CC)cc1Br. The smallest absolute Gasteiger partial charge is 0.147 e. The summed E-state index contributed by atoms with van der Waals surface area (Å²) < 4.78 is 7.44. The molecule has 0 aliphatic rings. The summed E-state index contributed by atoms with van der Waals surface area (Å²) in [6.45, 7) is 7.93. The first kappa shape index (κ1) is 18.0. The van der Waals surface area contributed by atoms with Crippen molar-refractivity contribution in [2.24, 2.45) is 0 Å². The summed E-state index contributed by atoms with van der Waals surface area (Å²) in [6, 6.07) is 4.08. The fourth-order valence-electron chi connectivity index (χ4n) is 1.94. The highest BCUT2D eigenvalue weighted by atomic mass is 79.9. The lowest BCUT2D eigenvalue weighted by Crippen LogP contribution is -2.39. The van der Waals surface area contributed by atoms with Crippen molar-refractivity contribution < 1.29 is 9.84 Å². The molecule has 0 fully saturated rings. The minimum atomic E-state index is -0.611. The summed E-state index contributed by atoms with van der Waals surface area (Å²) >= 11 is 7.05. The van der Waals surface area contributed by atoms with Crippen LogP contribution in [0.15, 0.2) is 21.1 Å². The molecular formula is C15H23Br2NO2. The molecule has 2 N–H and O–H groups in total. The number of hydrogen-bond acceptors (Lipinski definition) is 3. The number of ether oxygens (including phenoxy) is 1. The van der Waals surface area contributed by atoms with Crippen LogP contribution >= 0.6 is 31.9 Å². The van der Waals surface area contributed by atoms with Crippen molar-refractivity contribution in [1.82, 2.24) is 5.32 Å². The summed E-state index contributed by atoms with van der Waals surface area (Å²) in [5.74, 6) is 0.829. The maximum absolute atomic E-state index is 10.2. The van der Waals surface area contributed by atoms with Crippen LogP contribution in [0, 0.1) is 0 Å². The first-order chi connectivity index (χ1) is 9.45. The number of nitrogens with one attached hydrogen (secondary N) is 1. The molecule has 0 saturated heterocycles. The van der Waals surface area contributed by atoms with E-state index in [9.17, 15) is 5.11 Å². The molecule has 1 aromatic rings. The number of halogens is 2. The predicted octanol–water partition coefficient (Wildman–Crippen LogP) is 4.25. The fraction of sp³-hybridized carbons (Fsp3) is 0.600. The van der Waals surface area contributed by atoms with Crippen LogP contribution in [0.25, 0.3) is 0 Å². The van der Waals surface area contributed by atoms with E-state index in [1.807, 2.05) is 32.9 Å². The van der Waals surface area contributed by atoms with Gasteiger partial charge in [-0.1, -0.05) is 13.8 Å². The molecule has 0 heterocycles. The van der Waals surface area contributed by atoms with Crippen LogP contribution in [0.2, 0.25) is 0 Å². The highest BCUT2D eigenvalue weighted by molar-refractivity contribution is 9.11. The summed E-state index contributed by atoms with van der Waals surface area (Å²) in [4.78, 5) is 0. The minimum Gasteiger partial charge on any atom is -0.492 e. The molecule has 0 spiro atoms. The zero-order valence-electron chi connectivity index (χ0n) is 12.3. The Morgan fingerprint density at radius 2 is 1.70 bits per heavy atom. The normalized spacial score (nSPS) is 11.7. The molecule has 0 aliphatic carbocycles. The molecule has 1 rings (SSSR count). The van der Waals surface area contributed by atoms with E-state index in [0.717, 1.165) is 33.1 Å². The first-order valence-corrected chi connectivity index (χ1v) is 8.58. The second-order valence-corrected chi connectivity index (χ2v) is 6.57. The van der Waals surface area contributed by atoms with Crippen molar-refractivity contribution >= 4 is 31.9 Å². The molecule has 0 bridgehead atoms. The van der Waals surface area contributed by atoms with E-state index in [-0.39, 0.29) is 0 Å². The zero-order valence-corrected chi connectivity index (χ0v) is 15.5. The van der Waals surface area contributed by atoms with Crippen LogP contribution in [-0.4, -0.2) is 23.9 Å². The van der Waals surface area contributed by atoms with Crippen LogP contribution in [0.3, 0.4) is 0 Å². The minimum absolute atomic E-state index is 0.600. The van der Waals surface area contributed by atoms with E-state index >= 15 is 0 Å². The fourth-order valence-corrected chi connectivity index (χ4v) is 3.45. The third-order valence-electron chi connectivity index (χ3n) is 3.45. The van der Waals surface area contributed by atoms with Gasteiger partial charge in [0.05, 0.1) is 21.2 Å². The van der Waals surface area contributed by atoms with Crippen molar-refractivity contribution in [2.45, 2.75) is 45.8 Å². The first-order valence-electron chi connectivity index (χ1n) is 6.99. The summed E-state index contributed by atoms with van der Waals surface area (Å²) in [5, 5.41) is 13.5.